The van der Waals surface area contributed by atoms with E-state index in [0.29, 0.717) is 5.89 Å². The van der Waals surface area contributed by atoms with E-state index < -0.39 is 0 Å². The summed E-state index contributed by atoms with van der Waals surface area (Å²) in [7, 11) is 0. The van der Waals surface area contributed by atoms with Crippen molar-refractivity contribution in [1.29, 1.82) is 0 Å². The monoisotopic (exact) mass is 274 g/mol. The first kappa shape index (κ1) is 12.0. The van der Waals surface area contributed by atoms with E-state index in [1.165, 1.54) is 5.56 Å². The summed E-state index contributed by atoms with van der Waals surface area (Å²) in [5, 5.41) is 0. The molecule has 102 valence electrons. The second-order valence-electron chi connectivity index (χ2n) is 5.13. The van der Waals surface area contributed by atoms with Crippen LogP contribution in [0.3, 0.4) is 0 Å². The summed E-state index contributed by atoms with van der Waals surface area (Å²) < 4.78 is 7.90. The van der Waals surface area contributed by atoms with Crippen molar-refractivity contribution >= 4 is 11.1 Å². The van der Waals surface area contributed by atoms with Crippen LogP contribution >= 0.6 is 0 Å². The summed E-state index contributed by atoms with van der Waals surface area (Å²) in [6.45, 7) is 2.07. The normalized spacial score (nSPS) is 11.1. The molecule has 0 fully saturated rings. The summed E-state index contributed by atoms with van der Waals surface area (Å²) >= 11 is 0. The van der Waals surface area contributed by atoms with Gasteiger partial charge in [0.1, 0.15) is 5.52 Å². The molecular formula is C18H14N2O. The van der Waals surface area contributed by atoms with Crippen LogP contribution in [-0.4, -0.2) is 9.55 Å². The molecule has 0 aliphatic heterocycles. The summed E-state index contributed by atoms with van der Waals surface area (Å²) in [5.41, 5.74) is 4.98. The first-order valence-electron chi connectivity index (χ1n) is 6.90. The second-order valence-corrected chi connectivity index (χ2v) is 5.13. The Balaban J connectivity index is 1.81. The highest BCUT2D eigenvalue weighted by Gasteiger charge is 2.09. The van der Waals surface area contributed by atoms with Crippen LogP contribution in [-0.2, 0) is 0 Å². The highest BCUT2D eigenvalue weighted by molar-refractivity contribution is 5.78. The molecule has 0 amide bonds. The lowest BCUT2D eigenvalue weighted by Gasteiger charge is -2.00. The Kier molecular flexibility index (Phi) is 2.64. The maximum Gasteiger partial charge on any atom is 0.227 e. The van der Waals surface area contributed by atoms with Gasteiger partial charge in [0.15, 0.2) is 5.58 Å². The second kappa shape index (κ2) is 4.63. The van der Waals surface area contributed by atoms with Gasteiger partial charge in [0.05, 0.1) is 0 Å². The van der Waals surface area contributed by atoms with Crippen molar-refractivity contribution in [3.63, 3.8) is 0 Å². The van der Waals surface area contributed by atoms with Gasteiger partial charge in [-0.1, -0.05) is 17.7 Å². The maximum atomic E-state index is 5.85. The first-order valence-corrected chi connectivity index (χ1v) is 6.90. The van der Waals surface area contributed by atoms with Crippen LogP contribution in [0.15, 0.2) is 71.4 Å². The summed E-state index contributed by atoms with van der Waals surface area (Å²) in [4.78, 5) is 4.60. The highest BCUT2D eigenvalue weighted by Crippen LogP contribution is 2.26. The fraction of sp³-hybridized carbons (Fsp3) is 0.0556. The minimum absolute atomic E-state index is 0.662. The molecule has 0 atom stereocenters. The average Bonchev–Trinajstić information content (AvgIpc) is 3.16. The van der Waals surface area contributed by atoms with Gasteiger partial charge in [-0.25, -0.2) is 4.98 Å². The molecule has 0 N–H and O–H groups in total. The van der Waals surface area contributed by atoms with Gasteiger partial charge in [-0.2, -0.15) is 0 Å². The topological polar surface area (TPSA) is 31.0 Å². The van der Waals surface area contributed by atoms with E-state index in [1.54, 1.807) is 0 Å². The summed E-state index contributed by atoms with van der Waals surface area (Å²) in [5.74, 6) is 0.662. The lowest BCUT2D eigenvalue weighted by molar-refractivity contribution is 0.620. The Morgan fingerprint density at radius 1 is 0.952 bits per heavy atom. The maximum absolute atomic E-state index is 5.85. The van der Waals surface area contributed by atoms with Crippen LogP contribution < -0.4 is 0 Å². The number of rotatable bonds is 2. The predicted octanol–water partition coefficient (Wildman–Crippen LogP) is 4.59. The Hall–Kier alpha value is -2.81. The molecule has 0 radical (unpaired) electrons. The lowest BCUT2D eigenvalue weighted by atomic mass is 10.1. The van der Waals surface area contributed by atoms with Crippen LogP contribution in [0.4, 0.5) is 0 Å². The van der Waals surface area contributed by atoms with Crippen molar-refractivity contribution in [2.24, 2.45) is 0 Å². The van der Waals surface area contributed by atoms with Crippen molar-refractivity contribution in [3.05, 3.63) is 72.6 Å². The van der Waals surface area contributed by atoms with Gasteiger partial charge in [-0.05, 0) is 49.4 Å². The molecule has 0 unspecified atom stereocenters. The van der Waals surface area contributed by atoms with E-state index >= 15 is 0 Å². The van der Waals surface area contributed by atoms with E-state index in [9.17, 15) is 0 Å². The standard InChI is InChI=1S/C18H14N2O/c1-13-4-6-14(7-5-13)18-19-16-12-15(8-9-17(16)21-18)20-10-2-3-11-20/h2-12H,1H3. The molecule has 4 aromatic rings. The largest absolute Gasteiger partial charge is 0.436 e. The quantitative estimate of drug-likeness (QED) is 0.535. The summed E-state index contributed by atoms with van der Waals surface area (Å²) in [6.07, 6.45) is 4.03. The van der Waals surface area contributed by atoms with Crippen molar-refractivity contribution < 1.29 is 4.42 Å². The Morgan fingerprint density at radius 2 is 1.71 bits per heavy atom. The van der Waals surface area contributed by atoms with E-state index in [0.717, 1.165) is 22.4 Å². The number of oxazole rings is 1. The van der Waals surface area contributed by atoms with Crippen LogP contribution in [0, 0.1) is 6.92 Å². The number of hydrogen-bond acceptors (Lipinski definition) is 2. The molecule has 0 aliphatic carbocycles. The Labute approximate surface area is 122 Å². The van der Waals surface area contributed by atoms with Gasteiger partial charge in [0.25, 0.3) is 0 Å². The van der Waals surface area contributed by atoms with Crippen molar-refractivity contribution in [2.75, 3.05) is 0 Å². The molecule has 3 nitrogen and oxygen atoms in total. The first-order chi connectivity index (χ1) is 10.3. The number of hydrogen-bond donors (Lipinski definition) is 0. The minimum atomic E-state index is 0.662. The van der Waals surface area contributed by atoms with Gasteiger partial charge in [0.2, 0.25) is 5.89 Å². The third kappa shape index (κ3) is 2.13. The highest BCUT2D eigenvalue weighted by atomic mass is 16.3. The molecule has 3 heteroatoms. The Bertz CT molecular complexity index is 887. The molecule has 21 heavy (non-hydrogen) atoms. The number of aryl methyl sites for hydroxylation is 1. The molecule has 0 spiro atoms. The zero-order chi connectivity index (χ0) is 14.2. The smallest absolute Gasteiger partial charge is 0.227 e. The number of fused-ring (bicyclic) bond motifs is 1. The fourth-order valence-electron chi connectivity index (χ4n) is 2.40. The van der Waals surface area contributed by atoms with Crippen molar-refractivity contribution in [2.45, 2.75) is 6.92 Å². The molecule has 0 saturated heterocycles. The van der Waals surface area contributed by atoms with Gasteiger partial charge >= 0.3 is 0 Å². The number of nitrogens with zero attached hydrogens (tertiary/aromatic N) is 2. The van der Waals surface area contributed by atoms with Crippen molar-refractivity contribution in [3.8, 4) is 17.1 Å². The summed E-state index contributed by atoms with van der Waals surface area (Å²) in [6, 6.07) is 18.2. The van der Waals surface area contributed by atoms with Crippen LogP contribution in [0.1, 0.15) is 5.56 Å². The van der Waals surface area contributed by atoms with Gasteiger partial charge in [0, 0.05) is 23.6 Å². The average molecular weight is 274 g/mol. The molecular weight excluding hydrogens is 260 g/mol. The van der Waals surface area contributed by atoms with E-state index in [1.807, 2.05) is 54.9 Å². The minimum Gasteiger partial charge on any atom is -0.436 e. The third-order valence-corrected chi connectivity index (χ3v) is 3.57. The van der Waals surface area contributed by atoms with Crippen LogP contribution in [0.5, 0.6) is 0 Å². The van der Waals surface area contributed by atoms with Gasteiger partial charge in [-0.15, -0.1) is 0 Å². The van der Waals surface area contributed by atoms with E-state index in [4.69, 9.17) is 4.42 Å². The molecule has 2 aromatic heterocycles. The molecule has 0 saturated carbocycles. The van der Waals surface area contributed by atoms with Gasteiger partial charge in [-0.3, -0.25) is 0 Å². The molecule has 2 aromatic carbocycles. The predicted molar refractivity (Wildman–Crippen MR) is 83.5 cm³/mol. The van der Waals surface area contributed by atoms with E-state index in [-0.39, 0.29) is 0 Å². The number of aromatic nitrogens is 2. The molecule has 2 heterocycles. The van der Waals surface area contributed by atoms with Crippen LogP contribution in [0.25, 0.3) is 28.2 Å². The molecule has 4 rings (SSSR count). The zero-order valence-corrected chi connectivity index (χ0v) is 11.7. The van der Waals surface area contributed by atoms with Gasteiger partial charge < -0.3 is 8.98 Å². The Morgan fingerprint density at radius 3 is 2.48 bits per heavy atom. The molecule has 0 bridgehead atoms. The fourth-order valence-corrected chi connectivity index (χ4v) is 2.40. The number of benzene rings is 2. The SMILES string of the molecule is Cc1ccc(-c2nc3cc(-n4cccc4)ccc3o2)cc1. The lowest BCUT2D eigenvalue weighted by Crippen LogP contribution is -1.88. The third-order valence-electron chi connectivity index (χ3n) is 3.57. The zero-order valence-electron chi connectivity index (χ0n) is 11.7. The van der Waals surface area contributed by atoms with Crippen molar-refractivity contribution in [1.82, 2.24) is 9.55 Å². The molecule has 0 aliphatic rings. The van der Waals surface area contributed by atoms with Crippen LogP contribution in [0.2, 0.25) is 0 Å². The van der Waals surface area contributed by atoms with E-state index in [2.05, 4.69) is 28.6 Å².